The zero-order valence-corrected chi connectivity index (χ0v) is 31.6. The van der Waals surface area contributed by atoms with Crippen LogP contribution in [0.2, 0.25) is 0 Å². The zero-order chi connectivity index (χ0) is 38.3. The topological polar surface area (TPSA) is 228 Å². The van der Waals surface area contributed by atoms with Crippen molar-refractivity contribution in [2.24, 2.45) is 0 Å². The molecule has 14 nitrogen and oxygen atoms in total. The Morgan fingerprint density at radius 1 is 0.673 bits per heavy atom. The Balaban J connectivity index is 1.95. The monoisotopic (exact) mass is 749 g/mol. The fourth-order valence-electron chi connectivity index (χ4n) is 6.58. The van der Waals surface area contributed by atoms with Gasteiger partial charge in [0.2, 0.25) is 5.91 Å². The van der Waals surface area contributed by atoms with E-state index in [4.69, 9.17) is 18.9 Å². The predicted molar refractivity (Wildman–Crippen MR) is 194 cm³/mol. The molecule has 0 radical (unpaired) electrons. The molecule has 0 aromatic rings. The standard InChI is InChI=1S/C38H71NO13/c1-3-5-7-9-11-12-13-14-15-16-17-19-21-27(42)26(39-30(43)22-20-18-10-8-6-4-2)25-49-37-35(48)33(46)36(29(24-41)51-37)52-38-34(47)32(45)31(44)28(23-40)50-38/h19,21,26-29,31-38,40-42,44-48H,3-18,20,22-25H2,1-2H3,(H,39,43)/b21-19+. The lowest BCUT2D eigenvalue weighted by molar-refractivity contribution is -0.359. The second-order valence-corrected chi connectivity index (χ2v) is 14.4. The molecule has 52 heavy (non-hydrogen) atoms. The highest BCUT2D eigenvalue weighted by Crippen LogP contribution is 2.29. The van der Waals surface area contributed by atoms with Gasteiger partial charge in [-0.2, -0.15) is 0 Å². The number of allylic oxidation sites excluding steroid dienone is 1. The molecule has 12 unspecified atom stereocenters. The van der Waals surface area contributed by atoms with E-state index in [1.165, 1.54) is 51.4 Å². The van der Waals surface area contributed by atoms with Crippen molar-refractivity contribution in [1.29, 1.82) is 0 Å². The van der Waals surface area contributed by atoms with Gasteiger partial charge in [0.15, 0.2) is 12.6 Å². The van der Waals surface area contributed by atoms with E-state index >= 15 is 0 Å². The Morgan fingerprint density at radius 2 is 1.19 bits per heavy atom. The highest BCUT2D eigenvalue weighted by atomic mass is 16.7. The third kappa shape index (κ3) is 16.6. The minimum atomic E-state index is -1.78. The average molecular weight is 750 g/mol. The largest absolute Gasteiger partial charge is 0.394 e. The van der Waals surface area contributed by atoms with Crippen LogP contribution in [-0.4, -0.2) is 140 Å². The van der Waals surface area contributed by atoms with Crippen LogP contribution in [0.15, 0.2) is 12.2 Å². The number of carbonyl (C=O) groups is 1. The van der Waals surface area contributed by atoms with Crippen LogP contribution in [0.25, 0.3) is 0 Å². The molecule has 0 saturated carbocycles. The number of carbonyl (C=O) groups excluding carboxylic acids is 1. The Labute approximate surface area is 310 Å². The molecule has 0 aliphatic carbocycles. The number of aliphatic hydroxyl groups is 8. The number of rotatable bonds is 28. The summed E-state index contributed by atoms with van der Waals surface area (Å²) in [5.41, 5.74) is 0. The quantitative estimate of drug-likeness (QED) is 0.0413. The summed E-state index contributed by atoms with van der Waals surface area (Å²) in [7, 11) is 0. The van der Waals surface area contributed by atoms with Crippen LogP contribution < -0.4 is 5.32 Å². The summed E-state index contributed by atoms with van der Waals surface area (Å²) in [6.07, 6.45) is 5.95. The maximum Gasteiger partial charge on any atom is 0.220 e. The van der Waals surface area contributed by atoms with E-state index in [0.717, 1.165) is 51.4 Å². The second-order valence-electron chi connectivity index (χ2n) is 14.4. The van der Waals surface area contributed by atoms with Gasteiger partial charge in [-0.25, -0.2) is 0 Å². The van der Waals surface area contributed by atoms with Gasteiger partial charge in [0.25, 0.3) is 0 Å². The molecule has 9 N–H and O–H groups in total. The molecule has 2 rings (SSSR count). The van der Waals surface area contributed by atoms with Crippen LogP contribution in [-0.2, 0) is 23.7 Å². The summed E-state index contributed by atoms with van der Waals surface area (Å²) in [5.74, 6) is -0.252. The number of aliphatic hydroxyl groups excluding tert-OH is 8. The number of amides is 1. The van der Waals surface area contributed by atoms with Crippen LogP contribution in [0, 0.1) is 0 Å². The first-order valence-corrected chi connectivity index (χ1v) is 19.9. The molecule has 2 heterocycles. The zero-order valence-electron chi connectivity index (χ0n) is 31.6. The third-order valence-corrected chi connectivity index (χ3v) is 9.97. The van der Waals surface area contributed by atoms with Gasteiger partial charge in [-0.15, -0.1) is 0 Å². The normalized spacial score (nSPS) is 30.8. The summed E-state index contributed by atoms with van der Waals surface area (Å²) in [6, 6.07) is -0.903. The first-order valence-electron chi connectivity index (χ1n) is 19.9. The third-order valence-electron chi connectivity index (χ3n) is 9.97. The van der Waals surface area contributed by atoms with Crippen LogP contribution in [0.1, 0.15) is 129 Å². The molecular formula is C38H71NO13. The smallest absolute Gasteiger partial charge is 0.220 e. The summed E-state index contributed by atoms with van der Waals surface area (Å²) in [5, 5.41) is 85.9. The van der Waals surface area contributed by atoms with Crippen molar-refractivity contribution >= 4 is 5.91 Å². The summed E-state index contributed by atoms with van der Waals surface area (Å²) in [6.45, 7) is 2.66. The van der Waals surface area contributed by atoms with E-state index in [1.54, 1.807) is 6.08 Å². The lowest BCUT2D eigenvalue weighted by atomic mass is 9.97. The van der Waals surface area contributed by atoms with Gasteiger partial charge >= 0.3 is 0 Å². The predicted octanol–water partition coefficient (Wildman–Crippen LogP) is 2.09. The Morgan fingerprint density at radius 3 is 1.77 bits per heavy atom. The van der Waals surface area contributed by atoms with E-state index in [-0.39, 0.29) is 18.9 Å². The second kappa shape index (κ2) is 27.3. The fraction of sp³-hybridized carbons (Fsp3) is 0.921. The lowest BCUT2D eigenvalue weighted by Gasteiger charge is -2.46. The minimum absolute atomic E-state index is 0.252. The van der Waals surface area contributed by atoms with Gasteiger partial charge in [-0.1, -0.05) is 116 Å². The SMILES string of the molecule is CCCCCCCCCCCC/C=C/C(O)C(COC1OC(CO)C(OC2OC(CO)C(O)C(O)C2O)C(O)C1O)NC(=O)CCCCCCCC. The van der Waals surface area contributed by atoms with E-state index in [2.05, 4.69) is 19.2 Å². The van der Waals surface area contributed by atoms with Gasteiger partial charge in [0.05, 0.1) is 32.0 Å². The molecule has 2 aliphatic rings. The van der Waals surface area contributed by atoms with Crippen LogP contribution >= 0.6 is 0 Å². The molecule has 2 saturated heterocycles. The Kier molecular flexibility index (Phi) is 24.6. The average Bonchev–Trinajstić information content (AvgIpc) is 3.14. The van der Waals surface area contributed by atoms with Crippen molar-refractivity contribution < 1.29 is 64.6 Å². The summed E-state index contributed by atoms with van der Waals surface area (Å²) >= 11 is 0. The van der Waals surface area contributed by atoms with Gasteiger partial charge in [0.1, 0.15) is 48.8 Å². The minimum Gasteiger partial charge on any atom is -0.394 e. The number of hydrogen-bond donors (Lipinski definition) is 9. The van der Waals surface area contributed by atoms with Crippen LogP contribution in [0.3, 0.4) is 0 Å². The Bertz CT molecular complexity index is 941. The lowest BCUT2D eigenvalue weighted by Crippen LogP contribution is -2.65. The molecule has 12 atom stereocenters. The highest BCUT2D eigenvalue weighted by molar-refractivity contribution is 5.76. The first kappa shape index (κ1) is 46.9. The number of nitrogens with one attached hydrogen (secondary N) is 1. The molecule has 0 spiro atoms. The number of ether oxygens (including phenoxy) is 4. The number of unbranched alkanes of at least 4 members (excludes halogenated alkanes) is 15. The summed E-state index contributed by atoms with van der Waals surface area (Å²) < 4.78 is 22.5. The van der Waals surface area contributed by atoms with Crippen molar-refractivity contribution in [2.75, 3.05) is 19.8 Å². The van der Waals surface area contributed by atoms with Crippen molar-refractivity contribution in [3.05, 3.63) is 12.2 Å². The van der Waals surface area contributed by atoms with E-state index in [0.29, 0.717) is 6.42 Å². The van der Waals surface area contributed by atoms with Gasteiger partial charge in [-0.05, 0) is 19.3 Å². The van der Waals surface area contributed by atoms with Crippen molar-refractivity contribution in [3.8, 4) is 0 Å². The van der Waals surface area contributed by atoms with E-state index in [1.807, 2.05) is 6.08 Å². The molecule has 2 aliphatic heterocycles. The Hall–Kier alpha value is -1.27. The maximum atomic E-state index is 12.9. The van der Waals surface area contributed by atoms with Gasteiger partial charge < -0.3 is 65.1 Å². The highest BCUT2D eigenvalue weighted by Gasteiger charge is 2.50. The molecule has 0 aromatic carbocycles. The van der Waals surface area contributed by atoms with Crippen molar-refractivity contribution in [2.45, 2.75) is 203 Å². The molecule has 2 fully saturated rings. The molecule has 306 valence electrons. The fourth-order valence-corrected chi connectivity index (χ4v) is 6.58. The van der Waals surface area contributed by atoms with Gasteiger partial charge in [-0.3, -0.25) is 4.79 Å². The van der Waals surface area contributed by atoms with Crippen molar-refractivity contribution in [1.82, 2.24) is 5.32 Å². The summed E-state index contributed by atoms with van der Waals surface area (Å²) in [4.78, 5) is 12.9. The first-order chi connectivity index (χ1) is 25.1. The molecule has 0 aromatic heterocycles. The maximum absolute atomic E-state index is 12.9. The van der Waals surface area contributed by atoms with Crippen LogP contribution in [0.5, 0.6) is 0 Å². The van der Waals surface area contributed by atoms with E-state index < -0.39 is 86.8 Å². The molecule has 14 heteroatoms. The molecule has 1 amide bonds. The molecule has 0 bridgehead atoms. The van der Waals surface area contributed by atoms with Crippen LogP contribution in [0.4, 0.5) is 0 Å². The molecular weight excluding hydrogens is 678 g/mol. The van der Waals surface area contributed by atoms with Crippen molar-refractivity contribution in [3.63, 3.8) is 0 Å². The van der Waals surface area contributed by atoms with E-state index in [9.17, 15) is 45.6 Å². The number of hydrogen-bond acceptors (Lipinski definition) is 13. The van der Waals surface area contributed by atoms with Gasteiger partial charge in [0, 0.05) is 6.42 Å².